The molecule has 1 fully saturated rings. The Hall–Kier alpha value is -2.66. The zero-order chi connectivity index (χ0) is 22.4. The van der Waals surface area contributed by atoms with E-state index in [9.17, 15) is 18.0 Å². The Morgan fingerprint density at radius 2 is 1.77 bits per heavy atom. The lowest BCUT2D eigenvalue weighted by Crippen LogP contribution is -2.40. The number of benzene rings is 2. The molecule has 1 aliphatic heterocycles. The maximum Gasteiger partial charge on any atom is 0.251 e. The number of amides is 2. The van der Waals surface area contributed by atoms with Crippen molar-refractivity contribution in [2.24, 2.45) is 0 Å². The highest BCUT2D eigenvalue weighted by Crippen LogP contribution is 2.23. The quantitative estimate of drug-likeness (QED) is 0.572. The second kappa shape index (κ2) is 10.1. The highest BCUT2D eigenvalue weighted by molar-refractivity contribution is 7.89. The third-order valence-electron chi connectivity index (χ3n) is 4.64. The summed E-state index contributed by atoms with van der Waals surface area (Å²) in [4.78, 5) is 24.2. The Labute approximate surface area is 185 Å². The van der Waals surface area contributed by atoms with Gasteiger partial charge in [-0.25, -0.2) is 8.42 Å². The second-order valence-electron chi connectivity index (χ2n) is 6.72. The number of ether oxygens (including phenoxy) is 1. The first-order chi connectivity index (χ1) is 14.8. The maximum atomic E-state index is 12.6. The standard InChI is InChI=1S/C20H23ClN4O5S/c1-22-20(27)14-2-7-17(21)18(12-14)23-13-19(26)24-15-3-5-16(6-4-15)31(28,29)25-8-10-30-11-9-25/h2-7,12,23H,8-11,13H2,1H3,(H,22,27)(H,24,26). The van der Waals surface area contributed by atoms with Gasteiger partial charge in [0.15, 0.2) is 0 Å². The lowest BCUT2D eigenvalue weighted by molar-refractivity contribution is -0.114. The highest BCUT2D eigenvalue weighted by atomic mass is 35.5. The van der Waals surface area contributed by atoms with E-state index < -0.39 is 10.0 Å². The van der Waals surface area contributed by atoms with Crippen LogP contribution in [-0.4, -0.2) is 64.4 Å². The molecule has 2 amide bonds. The second-order valence-corrected chi connectivity index (χ2v) is 9.06. The van der Waals surface area contributed by atoms with Crippen LogP contribution in [0.3, 0.4) is 0 Å². The summed E-state index contributed by atoms with van der Waals surface area (Å²) in [5, 5.41) is 8.47. The van der Waals surface area contributed by atoms with Crippen molar-refractivity contribution in [3.63, 3.8) is 0 Å². The molecule has 2 aromatic carbocycles. The number of hydrogen-bond donors (Lipinski definition) is 3. The number of carbonyl (C=O) groups is 2. The first kappa shape index (κ1) is 23.0. The fourth-order valence-corrected chi connectivity index (χ4v) is 4.57. The molecule has 9 nitrogen and oxygen atoms in total. The van der Waals surface area contributed by atoms with Crippen molar-refractivity contribution in [2.45, 2.75) is 4.90 Å². The van der Waals surface area contributed by atoms with Crippen molar-refractivity contribution >= 4 is 44.8 Å². The number of halogens is 1. The molecule has 3 rings (SSSR count). The van der Waals surface area contributed by atoms with Crippen molar-refractivity contribution in [2.75, 3.05) is 50.5 Å². The van der Waals surface area contributed by atoms with Gasteiger partial charge >= 0.3 is 0 Å². The molecule has 3 N–H and O–H groups in total. The van der Waals surface area contributed by atoms with Crippen LogP contribution in [0, 0.1) is 0 Å². The lowest BCUT2D eigenvalue weighted by atomic mass is 10.2. The molecule has 0 saturated carbocycles. The van der Waals surface area contributed by atoms with Gasteiger partial charge in [0.05, 0.1) is 35.4 Å². The van der Waals surface area contributed by atoms with Crippen LogP contribution in [-0.2, 0) is 19.6 Å². The summed E-state index contributed by atoms with van der Waals surface area (Å²) >= 11 is 6.12. The monoisotopic (exact) mass is 466 g/mol. The number of rotatable bonds is 7. The number of anilines is 2. The van der Waals surface area contributed by atoms with Gasteiger partial charge in [0, 0.05) is 31.4 Å². The number of hydrogen-bond acceptors (Lipinski definition) is 6. The van der Waals surface area contributed by atoms with E-state index in [1.165, 1.54) is 35.6 Å². The Balaban J connectivity index is 1.59. The molecule has 1 saturated heterocycles. The summed E-state index contributed by atoms with van der Waals surface area (Å²) in [5.74, 6) is -0.624. The van der Waals surface area contributed by atoms with Crippen LogP contribution < -0.4 is 16.0 Å². The van der Waals surface area contributed by atoms with Crippen molar-refractivity contribution < 1.29 is 22.7 Å². The van der Waals surface area contributed by atoms with Crippen molar-refractivity contribution in [1.29, 1.82) is 0 Å². The average Bonchev–Trinajstić information content (AvgIpc) is 2.79. The van der Waals surface area contributed by atoms with Gasteiger partial charge in [0.2, 0.25) is 15.9 Å². The minimum absolute atomic E-state index is 0.0925. The summed E-state index contributed by atoms with van der Waals surface area (Å²) in [5.41, 5.74) is 1.31. The molecular weight excluding hydrogens is 444 g/mol. The van der Waals surface area contributed by atoms with E-state index in [0.717, 1.165) is 0 Å². The third kappa shape index (κ3) is 5.73. The Bertz CT molecular complexity index is 1050. The van der Waals surface area contributed by atoms with Crippen molar-refractivity contribution in [3.8, 4) is 0 Å². The fraction of sp³-hybridized carbons (Fsp3) is 0.300. The normalized spacial score (nSPS) is 14.6. The average molecular weight is 467 g/mol. The van der Waals surface area contributed by atoms with E-state index in [0.29, 0.717) is 48.3 Å². The highest BCUT2D eigenvalue weighted by Gasteiger charge is 2.26. The molecule has 0 atom stereocenters. The maximum absolute atomic E-state index is 12.6. The molecule has 31 heavy (non-hydrogen) atoms. The predicted octanol–water partition coefficient (Wildman–Crippen LogP) is 1.77. The largest absolute Gasteiger partial charge is 0.379 e. The van der Waals surface area contributed by atoms with Gasteiger partial charge in [-0.2, -0.15) is 4.31 Å². The first-order valence-corrected chi connectivity index (χ1v) is 11.4. The molecule has 0 spiro atoms. The molecule has 0 unspecified atom stereocenters. The number of sulfonamides is 1. The number of nitrogens with zero attached hydrogens (tertiary/aromatic N) is 1. The molecule has 0 aliphatic carbocycles. The summed E-state index contributed by atoms with van der Waals surface area (Å²) in [6.45, 7) is 1.28. The number of nitrogens with one attached hydrogen (secondary N) is 3. The van der Waals surface area contributed by atoms with E-state index in [1.54, 1.807) is 18.2 Å². The molecule has 2 aromatic rings. The Morgan fingerprint density at radius 1 is 1.10 bits per heavy atom. The summed E-state index contributed by atoms with van der Waals surface area (Å²) in [6, 6.07) is 10.7. The van der Waals surface area contributed by atoms with Crippen LogP contribution in [0.2, 0.25) is 5.02 Å². The van der Waals surface area contributed by atoms with Gasteiger partial charge in [-0.1, -0.05) is 11.6 Å². The van der Waals surface area contributed by atoms with Crippen molar-refractivity contribution in [1.82, 2.24) is 9.62 Å². The van der Waals surface area contributed by atoms with Crippen LogP contribution in [0.5, 0.6) is 0 Å². The van der Waals surface area contributed by atoms with E-state index in [2.05, 4.69) is 16.0 Å². The van der Waals surface area contributed by atoms with Crippen LogP contribution in [0.25, 0.3) is 0 Å². The molecule has 0 radical (unpaired) electrons. The van der Waals surface area contributed by atoms with Gasteiger partial charge in [-0.15, -0.1) is 0 Å². The van der Waals surface area contributed by atoms with Gasteiger partial charge in [0.1, 0.15) is 0 Å². The number of morpholine rings is 1. The molecule has 166 valence electrons. The minimum atomic E-state index is -3.59. The smallest absolute Gasteiger partial charge is 0.251 e. The van der Waals surface area contributed by atoms with Gasteiger partial charge < -0.3 is 20.7 Å². The molecule has 1 heterocycles. The zero-order valence-corrected chi connectivity index (χ0v) is 18.4. The van der Waals surface area contributed by atoms with E-state index >= 15 is 0 Å². The van der Waals surface area contributed by atoms with Crippen LogP contribution in [0.4, 0.5) is 11.4 Å². The van der Waals surface area contributed by atoms with Gasteiger partial charge in [-0.05, 0) is 42.5 Å². The summed E-state index contributed by atoms with van der Waals surface area (Å²) in [6.07, 6.45) is 0. The van der Waals surface area contributed by atoms with Crippen molar-refractivity contribution in [3.05, 3.63) is 53.1 Å². The van der Waals surface area contributed by atoms with Crippen LogP contribution >= 0.6 is 11.6 Å². The third-order valence-corrected chi connectivity index (χ3v) is 6.88. The van der Waals surface area contributed by atoms with E-state index in [-0.39, 0.29) is 23.3 Å². The molecule has 1 aliphatic rings. The molecule has 0 bridgehead atoms. The minimum Gasteiger partial charge on any atom is -0.379 e. The van der Waals surface area contributed by atoms with E-state index in [4.69, 9.17) is 16.3 Å². The number of carbonyl (C=O) groups excluding carboxylic acids is 2. The van der Waals surface area contributed by atoms with Gasteiger partial charge in [-0.3, -0.25) is 9.59 Å². The van der Waals surface area contributed by atoms with E-state index in [1.807, 2.05) is 0 Å². The van der Waals surface area contributed by atoms with Gasteiger partial charge in [0.25, 0.3) is 5.91 Å². The zero-order valence-electron chi connectivity index (χ0n) is 16.9. The van der Waals surface area contributed by atoms with Crippen LogP contribution in [0.1, 0.15) is 10.4 Å². The first-order valence-electron chi connectivity index (χ1n) is 9.54. The summed E-state index contributed by atoms with van der Waals surface area (Å²) < 4.78 is 31.9. The lowest BCUT2D eigenvalue weighted by Gasteiger charge is -2.26. The topological polar surface area (TPSA) is 117 Å². The van der Waals surface area contributed by atoms with Crippen LogP contribution in [0.15, 0.2) is 47.4 Å². The Kier molecular flexibility index (Phi) is 7.50. The fourth-order valence-electron chi connectivity index (χ4n) is 2.97. The SMILES string of the molecule is CNC(=O)c1ccc(Cl)c(NCC(=O)Nc2ccc(S(=O)(=O)N3CCOCC3)cc2)c1. The molecule has 0 aromatic heterocycles. The predicted molar refractivity (Wildman–Crippen MR) is 118 cm³/mol. The molecule has 11 heteroatoms. The molecular formula is C20H23ClN4O5S. The Morgan fingerprint density at radius 3 is 2.42 bits per heavy atom. The summed E-state index contributed by atoms with van der Waals surface area (Å²) in [7, 11) is -2.07.